The van der Waals surface area contributed by atoms with E-state index < -0.39 is 28.5 Å². The monoisotopic (exact) mass is 695 g/mol. The first-order chi connectivity index (χ1) is 21.0. The van der Waals surface area contributed by atoms with Crippen LogP contribution in [0.15, 0.2) is 112 Å². The number of anilines is 1. The van der Waals surface area contributed by atoms with Crippen LogP contribution in [0.3, 0.4) is 0 Å². The van der Waals surface area contributed by atoms with Crippen molar-refractivity contribution in [2.24, 2.45) is 0 Å². The molecule has 0 aliphatic carbocycles. The molecule has 0 aliphatic rings. The van der Waals surface area contributed by atoms with Crippen LogP contribution in [0.5, 0.6) is 0 Å². The first-order valence-electron chi connectivity index (χ1n) is 14.2. The third-order valence-electron chi connectivity index (χ3n) is 6.98. The molecule has 4 aromatic carbocycles. The predicted molar refractivity (Wildman–Crippen MR) is 179 cm³/mol. The van der Waals surface area contributed by atoms with Gasteiger partial charge >= 0.3 is 0 Å². The van der Waals surface area contributed by atoms with Crippen molar-refractivity contribution >= 4 is 55.1 Å². The van der Waals surface area contributed by atoms with Crippen LogP contribution in [0, 0.1) is 6.92 Å². The van der Waals surface area contributed by atoms with Crippen LogP contribution >= 0.6 is 27.5 Å². The molecule has 1 N–H and O–H groups in total. The third-order valence-corrected chi connectivity index (χ3v) is 9.63. The molecule has 0 radical (unpaired) electrons. The molecule has 44 heavy (non-hydrogen) atoms. The van der Waals surface area contributed by atoms with Crippen molar-refractivity contribution in [2.75, 3.05) is 10.8 Å². The molecule has 7 nitrogen and oxygen atoms in total. The molecule has 0 fully saturated rings. The second-order valence-corrected chi connectivity index (χ2v) is 14.0. The van der Waals surface area contributed by atoms with Crippen molar-refractivity contribution < 1.29 is 18.0 Å². The predicted octanol–water partition coefficient (Wildman–Crippen LogP) is 6.77. The van der Waals surface area contributed by atoms with E-state index in [0.29, 0.717) is 20.7 Å². The van der Waals surface area contributed by atoms with E-state index in [2.05, 4.69) is 21.2 Å². The number of sulfonamides is 1. The van der Waals surface area contributed by atoms with Crippen molar-refractivity contribution in [3.8, 4) is 0 Å². The fourth-order valence-corrected chi connectivity index (χ4v) is 6.73. The van der Waals surface area contributed by atoms with Crippen LogP contribution in [0.25, 0.3) is 0 Å². The van der Waals surface area contributed by atoms with Crippen LogP contribution in [0.4, 0.5) is 5.69 Å². The topological polar surface area (TPSA) is 86.8 Å². The molecule has 1 atom stereocenters. The molecule has 230 valence electrons. The zero-order valence-corrected chi connectivity index (χ0v) is 27.9. The Kier molecular flexibility index (Phi) is 11.2. The number of hydrogen-bond acceptors (Lipinski definition) is 4. The Balaban J connectivity index is 1.82. The van der Waals surface area contributed by atoms with Crippen molar-refractivity contribution in [1.29, 1.82) is 0 Å². The number of nitrogens with one attached hydrogen (secondary N) is 1. The quantitative estimate of drug-likeness (QED) is 0.177. The number of carbonyl (C=O) groups is 2. The smallest absolute Gasteiger partial charge is 0.264 e. The first-order valence-corrected chi connectivity index (χ1v) is 16.8. The summed E-state index contributed by atoms with van der Waals surface area (Å²) < 4.78 is 29.9. The molecule has 4 rings (SSSR count). The fourth-order valence-electron chi connectivity index (χ4n) is 4.74. The van der Waals surface area contributed by atoms with Gasteiger partial charge in [0, 0.05) is 28.5 Å². The molecule has 0 spiro atoms. The van der Waals surface area contributed by atoms with Crippen molar-refractivity contribution in [1.82, 2.24) is 10.2 Å². The summed E-state index contributed by atoms with van der Waals surface area (Å²) in [7, 11) is -4.18. The van der Waals surface area contributed by atoms with E-state index in [1.165, 1.54) is 17.0 Å². The Morgan fingerprint density at radius 2 is 1.55 bits per heavy atom. The molecule has 4 aromatic rings. The van der Waals surface area contributed by atoms with Crippen LogP contribution < -0.4 is 9.62 Å². The number of nitrogens with zero attached hydrogens (tertiary/aromatic N) is 2. The van der Waals surface area contributed by atoms with Crippen LogP contribution in [0.1, 0.15) is 30.5 Å². The van der Waals surface area contributed by atoms with Gasteiger partial charge < -0.3 is 10.2 Å². The van der Waals surface area contributed by atoms with E-state index >= 15 is 0 Å². The Morgan fingerprint density at radius 3 is 2.18 bits per heavy atom. The van der Waals surface area contributed by atoms with Gasteiger partial charge in [-0.15, -0.1) is 0 Å². The highest BCUT2D eigenvalue weighted by atomic mass is 79.9. The highest BCUT2D eigenvalue weighted by Gasteiger charge is 2.35. The lowest BCUT2D eigenvalue weighted by atomic mass is 10.0. The maximum atomic E-state index is 14.5. The second-order valence-electron chi connectivity index (χ2n) is 10.8. The van der Waals surface area contributed by atoms with E-state index in [0.717, 1.165) is 15.4 Å². The Bertz CT molecular complexity index is 1700. The maximum absolute atomic E-state index is 14.5. The SMILES string of the molecule is Cc1ccc(S(=O)(=O)N(CC(=O)N(Cc2ccccc2Cl)[C@H](Cc2ccccc2)C(=O)NC(C)C)c2cccc(Br)c2)cc1. The highest BCUT2D eigenvalue weighted by molar-refractivity contribution is 9.10. The van der Waals surface area contributed by atoms with Gasteiger partial charge in [-0.25, -0.2) is 8.42 Å². The van der Waals surface area contributed by atoms with E-state index in [-0.39, 0.29) is 29.8 Å². The van der Waals surface area contributed by atoms with E-state index in [9.17, 15) is 18.0 Å². The Labute approximate surface area is 273 Å². The Morgan fingerprint density at radius 1 is 0.886 bits per heavy atom. The summed E-state index contributed by atoms with van der Waals surface area (Å²) in [5.41, 5.74) is 2.69. The summed E-state index contributed by atoms with van der Waals surface area (Å²) >= 11 is 9.96. The van der Waals surface area contributed by atoms with Gasteiger partial charge in [-0.3, -0.25) is 13.9 Å². The third kappa shape index (κ3) is 8.49. The van der Waals surface area contributed by atoms with Crippen LogP contribution in [0.2, 0.25) is 5.02 Å². The van der Waals surface area contributed by atoms with Gasteiger partial charge in [0.25, 0.3) is 10.0 Å². The second kappa shape index (κ2) is 14.9. The van der Waals surface area contributed by atoms with E-state index in [1.807, 2.05) is 51.1 Å². The maximum Gasteiger partial charge on any atom is 0.264 e. The summed E-state index contributed by atoms with van der Waals surface area (Å²) in [6.07, 6.45) is 0.219. The average molecular weight is 697 g/mol. The minimum atomic E-state index is -4.18. The van der Waals surface area contributed by atoms with Gasteiger partial charge in [0.1, 0.15) is 12.6 Å². The van der Waals surface area contributed by atoms with E-state index in [4.69, 9.17) is 11.6 Å². The fraction of sp³-hybridized carbons (Fsp3) is 0.235. The zero-order valence-electron chi connectivity index (χ0n) is 24.8. The van der Waals surface area contributed by atoms with Gasteiger partial charge in [0.2, 0.25) is 11.8 Å². The first kappa shape index (κ1) is 33.2. The molecular formula is C34H35BrClN3O4S. The van der Waals surface area contributed by atoms with Gasteiger partial charge in [-0.1, -0.05) is 99.8 Å². The number of amides is 2. The Hall–Kier alpha value is -3.66. The molecule has 0 bridgehead atoms. The standard InChI is InChI=1S/C34H35BrClN3O4S/c1-24(2)37-34(41)32(20-26-10-5-4-6-11-26)38(22-27-12-7-8-15-31(27)36)33(40)23-39(29-14-9-13-28(35)21-29)44(42,43)30-18-16-25(3)17-19-30/h4-19,21,24,32H,20,22-23H2,1-3H3,(H,37,41)/t32-/m1/s1. The summed E-state index contributed by atoms with van der Waals surface area (Å²) in [5.74, 6) is -0.903. The number of halogens is 2. The molecule has 0 aliphatic heterocycles. The number of rotatable bonds is 12. The molecular weight excluding hydrogens is 662 g/mol. The van der Waals surface area contributed by atoms with Gasteiger partial charge in [0.15, 0.2) is 0 Å². The molecule has 0 unspecified atom stereocenters. The molecule has 0 saturated heterocycles. The van der Waals surface area contributed by atoms with Crippen molar-refractivity contribution in [2.45, 2.75) is 50.7 Å². The van der Waals surface area contributed by atoms with Gasteiger partial charge in [-0.05, 0) is 68.3 Å². The lowest BCUT2D eigenvalue weighted by Gasteiger charge is -2.34. The summed E-state index contributed by atoms with van der Waals surface area (Å²) in [6.45, 7) is 5.02. The largest absolute Gasteiger partial charge is 0.352 e. The lowest BCUT2D eigenvalue weighted by molar-refractivity contribution is -0.140. The van der Waals surface area contributed by atoms with Crippen LogP contribution in [-0.2, 0) is 32.6 Å². The minimum Gasteiger partial charge on any atom is -0.352 e. The molecule has 10 heteroatoms. The van der Waals surface area contributed by atoms with Crippen molar-refractivity contribution in [3.05, 3.63) is 129 Å². The number of hydrogen-bond donors (Lipinski definition) is 1. The number of carbonyl (C=O) groups excluding carboxylic acids is 2. The van der Waals surface area contributed by atoms with Gasteiger partial charge in [0.05, 0.1) is 10.6 Å². The van der Waals surface area contributed by atoms with Gasteiger partial charge in [-0.2, -0.15) is 0 Å². The average Bonchev–Trinajstić information content (AvgIpc) is 2.98. The van der Waals surface area contributed by atoms with Crippen molar-refractivity contribution in [3.63, 3.8) is 0 Å². The summed E-state index contributed by atoms with van der Waals surface area (Å²) in [4.78, 5) is 29.7. The van der Waals surface area contributed by atoms with Crippen LogP contribution in [-0.4, -0.2) is 43.8 Å². The molecule has 0 aromatic heterocycles. The number of benzene rings is 4. The number of aryl methyl sites for hydroxylation is 1. The highest BCUT2D eigenvalue weighted by Crippen LogP contribution is 2.28. The van der Waals surface area contributed by atoms with E-state index in [1.54, 1.807) is 60.7 Å². The lowest BCUT2D eigenvalue weighted by Crippen LogP contribution is -2.54. The molecule has 0 heterocycles. The molecule has 0 saturated carbocycles. The zero-order chi connectivity index (χ0) is 31.9. The molecule has 2 amide bonds. The minimum absolute atomic E-state index is 0.00156. The summed E-state index contributed by atoms with van der Waals surface area (Å²) in [5, 5.41) is 3.38. The summed E-state index contributed by atoms with van der Waals surface area (Å²) in [6, 6.07) is 28.6. The normalized spacial score (nSPS) is 12.0.